The molecule has 0 atom stereocenters. The van der Waals surface area contributed by atoms with Gasteiger partial charge in [-0.15, -0.1) is 11.3 Å². The molecule has 5 nitrogen and oxygen atoms in total. The molecule has 1 aromatic carbocycles. The summed E-state index contributed by atoms with van der Waals surface area (Å²) < 4.78 is 5.62. The first kappa shape index (κ1) is 19.4. The molecule has 0 spiro atoms. The molecule has 2 aromatic rings. The molecule has 0 radical (unpaired) electrons. The maximum absolute atomic E-state index is 12.7. The quantitative estimate of drug-likeness (QED) is 0.748. The SMILES string of the molecule is CNC(=O)c1c(NC(=O)c2ccc(OC(C)C)cc2)sc2c1CCCCC2. The number of aryl methyl sites for hydroxylation is 1. The van der Waals surface area contributed by atoms with Crippen LogP contribution < -0.4 is 15.4 Å². The number of benzene rings is 1. The van der Waals surface area contributed by atoms with Crippen molar-refractivity contribution in [3.05, 3.63) is 45.8 Å². The molecule has 1 heterocycles. The minimum atomic E-state index is -0.215. The van der Waals surface area contributed by atoms with Crippen LogP contribution in [-0.2, 0) is 12.8 Å². The van der Waals surface area contributed by atoms with Gasteiger partial charge in [-0.2, -0.15) is 0 Å². The molecule has 2 amide bonds. The molecule has 0 saturated heterocycles. The fourth-order valence-corrected chi connectivity index (χ4v) is 4.61. The zero-order chi connectivity index (χ0) is 19.4. The van der Waals surface area contributed by atoms with Crippen molar-refractivity contribution in [2.24, 2.45) is 0 Å². The Morgan fingerprint density at radius 3 is 2.41 bits per heavy atom. The Hall–Kier alpha value is -2.34. The second-order valence-corrected chi connectivity index (χ2v) is 8.10. The number of ether oxygens (including phenoxy) is 1. The van der Waals surface area contributed by atoms with Crippen LogP contribution in [-0.4, -0.2) is 25.0 Å². The highest BCUT2D eigenvalue weighted by Crippen LogP contribution is 2.37. The highest BCUT2D eigenvalue weighted by molar-refractivity contribution is 7.17. The first-order chi connectivity index (χ1) is 13.0. The second kappa shape index (κ2) is 8.57. The van der Waals surface area contributed by atoms with Crippen molar-refractivity contribution in [3.63, 3.8) is 0 Å². The Morgan fingerprint density at radius 1 is 1.04 bits per heavy atom. The summed E-state index contributed by atoms with van der Waals surface area (Å²) >= 11 is 1.54. The van der Waals surface area contributed by atoms with Gasteiger partial charge in [0.05, 0.1) is 11.7 Å². The lowest BCUT2D eigenvalue weighted by Gasteiger charge is -2.10. The molecule has 27 heavy (non-hydrogen) atoms. The first-order valence-corrected chi connectivity index (χ1v) is 10.3. The predicted octanol–water partition coefficient (Wildman–Crippen LogP) is 4.42. The Bertz CT molecular complexity index is 825. The van der Waals surface area contributed by atoms with E-state index in [1.165, 1.54) is 22.6 Å². The van der Waals surface area contributed by atoms with Crippen molar-refractivity contribution in [2.75, 3.05) is 12.4 Å². The van der Waals surface area contributed by atoms with E-state index in [0.717, 1.165) is 37.0 Å². The van der Waals surface area contributed by atoms with E-state index in [4.69, 9.17) is 4.74 Å². The Morgan fingerprint density at radius 2 is 1.74 bits per heavy atom. The van der Waals surface area contributed by atoms with E-state index in [1.54, 1.807) is 31.3 Å². The van der Waals surface area contributed by atoms with Gasteiger partial charge in [-0.05, 0) is 69.4 Å². The third-order valence-electron chi connectivity index (χ3n) is 4.59. The molecule has 1 aromatic heterocycles. The lowest BCUT2D eigenvalue weighted by molar-refractivity contribution is 0.0963. The van der Waals surface area contributed by atoms with E-state index in [-0.39, 0.29) is 17.9 Å². The fraction of sp³-hybridized carbons (Fsp3) is 0.429. The van der Waals surface area contributed by atoms with Crippen LogP contribution in [0.25, 0.3) is 0 Å². The lowest BCUT2D eigenvalue weighted by Crippen LogP contribution is -2.21. The van der Waals surface area contributed by atoms with Crippen molar-refractivity contribution < 1.29 is 14.3 Å². The smallest absolute Gasteiger partial charge is 0.256 e. The second-order valence-electron chi connectivity index (χ2n) is 6.99. The summed E-state index contributed by atoms with van der Waals surface area (Å²) in [6.07, 6.45) is 5.35. The Balaban J connectivity index is 1.84. The topological polar surface area (TPSA) is 67.4 Å². The summed E-state index contributed by atoms with van der Waals surface area (Å²) in [4.78, 5) is 26.4. The molecule has 144 valence electrons. The van der Waals surface area contributed by atoms with Gasteiger partial charge in [0.2, 0.25) is 0 Å². The number of nitrogens with one attached hydrogen (secondary N) is 2. The maximum atomic E-state index is 12.7. The number of anilines is 1. The molecule has 0 saturated carbocycles. The van der Waals surface area contributed by atoms with Crippen LogP contribution in [0.1, 0.15) is 64.3 Å². The van der Waals surface area contributed by atoms with E-state index < -0.39 is 0 Å². The van der Waals surface area contributed by atoms with Gasteiger partial charge in [-0.3, -0.25) is 9.59 Å². The number of hydrogen-bond acceptors (Lipinski definition) is 4. The highest BCUT2D eigenvalue weighted by atomic mass is 32.1. The van der Waals surface area contributed by atoms with Crippen LogP contribution in [0.3, 0.4) is 0 Å². The zero-order valence-corrected chi connectivity index (χ0v) is 16.9. The molecule has 0 fully saturated rings. The average Bonchev–Trinajstić information content (AvgIpc) is 2.82. The molecule has 0 aliphatic heterocycles. The zero-order valence-electron chi connectivity index (χ0n) is 16.1. The van der Waals surface area contributed by atoms with Crippen LogP contribution in [0.4, 0.5) is 5.00 Å². The number of hydrogen-bond donors (Lipinski definition) is 2. The predicted molar refractivity (Wildman–Crippen MR) is 109 cm³/mol. The van der Waals surface area contributed by atoms with Crippen molar-refractivity contribution in [3.8, 4) is 5.75 Å². The molecule has 6 heteroatoms. The first-order valence-electron chi connectivity index (χ1n) is 9.44. The van der Waals surface area contributed by atoms with E-state index in [2.05, 4.69) is 10.6 Å². The highest BCUT2D eigenvalue weighted by Gasteiger charge is 2.25. The van der Waals surface area contributed by atoms with Gasteiger partial charge in [0.15, 0.2) is 0 Å². The number of rotatable bonds is 5. The molecular weight excluding hydrogens is 360 g/mol. The van der Waals surface area contributed by atoms with Gasteiger partial charge in [0.1, 0.15) is 10.8 Å². The van der Waals surface area contributed by atoms with Gasteiger partial charge in [0.25, 0.3) is 11.8 Å². The number of thiophene rings is 1. The molecule has 1 aliphatic rings. The average molecular weight is 387 g/mol. The fourth-order valence-electron chi connectivity index (χ4n) is 3.33. The summed E-state index contributed by atoms with van der Waals surface area (Å²) in [5, 5.41) is 6.32. The van der Waals surface area contributed by atoms with Crippen LogP contribution in [0.15, 0.2) is 24.3 Å². The minimum absolute atomic E-state index is 0.0845. The van der Waals surface area contributed by atoms with Gasteiger partial charge in [-0.25, -0.2) is 0 Å². The van der Waals surface area contributed by atoms with Crippen LogP contribution in [0.5, 0.6) is 5.75 Å². The van der Waals surface area contributed by atoms with E-state index in [1.807, 2.05) is 13.8 Å². The van der Waals surface area contributed by atoms with E-state index in [0.29, 0.717) is 16.1 Å². The van der Waals surface area contributed by atoms with Crippen molar-refractivity contribution in [1.29, 1.82) is 0 Å². The lowest BCUT2D eigenvalue weighted by atomic mass is 10.0. The van der Waals surface area contributed by atoms with Crippen LogP contribution in [0.2, 0.25) is 0 Å². The maximum Gasteiger partial charge on any atom is 0.256 e. The molecule has 3 rings (SSSR count). The summed E-state index contributed by atoms with van der Waals surface area (Å²) in [7, 11) is 1.63. The normalized spacial score (nSPS) is 13.6. The largest absolute Gasteiger partial charge is 0.491 e. The third-order valence-corrected chi connectivity index (χ3v) is 5.80. The van der Waals surface area contributed by atoms with Gasteiger partial charge < -0.3 is 15.4 Å². The molecular formula is C21H26N2O3S. The number of fused-ring (bicyclic) bond motifs is 1. The summed E-state index contributed by atoms with van der Waals surface area (Å²) in [5.41, 5.74) is 2.28. The number of carbonyl (C=O) groups is 2. The summed E-state index contributed by atoms with van der Waals surface area (Å²) in [5.74, 6) is 0.383. The minimum Gasteiger partial charge on any atom is -0.491 e. The summed E-state index contributed by atoms with van der Waals surface area (Å²) in [6.45, 7) is 3.92. The molecule has 2 N–H and O–H groups in total. The van der Waals surface area contributed by atoms with Crippen molar-refractivity contribution in [1.82, 2.24) is 5.32 Å². The van der Waals surface area contributed by atoms with E-state index >= 15 is 0 Å². The van der Waals surface area contributed by atoms with E-state index in [9.17, 15) is 9.59 Å². The molecule has 1 aliphatic carbocycles. The third kappa shape index (κ3) is 4.50. The van der Waals surface area contributed by atoms with Crippen LogP contribution in [0, 0.1) is 0 Å². The van der Waals surface area contributed by atoms with Crippen molar-refractivity contribution >= 4 is 28.2 Å². The summed E-state index contributed by atoms with van der Waals surface area (Å²) in [6, 6.07) is 7.06. The van der Waals surface area contributed by atoms with Gasteiger partial charge in [-0.1, -0.05) is 6.42 Å². The Labute approximate surface area is 164 Å². The van der Waals surface area contributed by atoms with Gasteiger partial charge in [0, 0.05) is 17.5 Å². The van der Waals surface area contributed by atoms with Crippen LogP contribution >= 0.6 is 11.3 Å². The number of carbonyl (C=O) groups excluding carboxylic acids is 2. The number of amides is 2. The standard InChI is InChI=1S/C21H26N2O3S/c1-13(2)26-15-11-9-14(10-12-15)19(24)23-21-18(20(25)22-3)16-7-5-4-6-8-17(16)27-21/h9-13H,4-8H2,1-3H3,(H,22,25)(H,23,24). The van der Waals surface area contributed by atoms with Crippen molar-refractivity contribution in [2.45, 2.75) is 52.1 Å². The molecule has 0 unspecified atom stereocenters. The Kier molecular flexibility index (Phi) is 6.16. The van der Waals surface area contributed by atoms with Gasteiger partial charge >= 0.3 is 0 Å². The molecule has 0 bridgehead atoms. The monoisotopic (exact) mass is 386 g/mol.